The molecule has 0 aliphatic rings. The van der Waals surface area contributed by atoms with Gasteiger partial charge in [-0.25, -0.2) is 4.79 Å². The van der Waals surface area contributed by atoms with Gasteiger partial charge >= 0.3 is 5.97 Å². The minimum atomic E-state index is -1.12. The average molecular weight is 655 g/mol. The minimum absolute atomic E-state index is 0.125. The molecule has 0 heterocycles. The number of nitrogens with zero attached hydrogens (tertiary/aromatic N) is 5. The van der Waals surface area contributed by atoms with Crippen molar-refractivity contribution in [3.05, 3.63) is 0 Å². The molecule has 13 nitrogen and oxygen atoms in total. The fourth-order valence-electron chi connectivity index (χ4n) is 5.58. The maximum atomic E-state index is 13.9. The summed E-state index contributed by atoms with van der Waals surface area (Å²) in [5, 5.41) is 9.89. The molecule has 46 heavy (non-hydrogen) atoms. The summed E-state index contributed by atoms with van der Waals surface area (Å²) in [6.07, 6.45) is 1.09. The smallest absolute Gasteiger partial charge is 0.326 e. The van der Waals surface area contributed by atoms with Crippen molar-refractivity contribution in [3.8, 4) is 0 Å². The van der Waals surface area contributed by atoms with Crippen molar-refractivity contribution in [3.63, 3.8) is 0 Å². The third-order valence-electron chi connectivity index (χ3n) is 9.63. The maximum Gasteiger partial charge on any atom is 0.326 e. The summed E-state index contributed by atoms with van der Waals surface area (Å²) < 4.78 is 0. The van der Waals surface area contributed by atoms with E-state index in [1.807, 2.05) is 34.6 Å². The van der Waals surface area contributed by atoms with Crippen LogP contribution in [0.25, 0.3) is 0 Å². The maximum absolute atomic E-state index is 13.9. The van der Waals surface area contributed by atoms with E-state index >= 15 is 0 Å². The van der Waals surface area contributed by atoms with Gasteiger partial charge in [-0.3, -0.25) is 24.0 Å². The van der Waals surface area contributed by atoms with Gasteiger partial charge < -0.3 is 35.3 Å². The highest BCUT2D eigenvalue weighted by Crippen LogP contribution is 2.23. The van der Waals surface area contributed by atoms with Crippen molar-refractivity contribution in [1.29, 1.82) is 0 Å². The van der Waals surface area contributed by atoms with Gasteiger partial charge in [-0.05, 0) is 37.5 Å². The van der Waals surface area contributed by atoms with Gasteiger partial charge in [-0.1, -0.05) is 68.2 Å². The van der Waals surface area contributed by atoms with Gasteiger partial charge in [-0.15, -0.1) is 0 Å². The van der Waals surface area contributed by atoms with Crippen LogP contribution in [0.4, 0.5) is 0 Å². The lowest BCUT2D eigenvalue weighted by Gasteiger charge is -2.40. The number of carbonyl (C=O) groups is 6. The Labute approximate surface area is 276 Å². The van der Waals surface area contributed by atoms with Crippen LogP contribution in [0, 0.1) is 23.7 Å². The molecule has 0 fully saturated rings. The normalized spacial score (nSPS) is 16.7. The fourth-order valence-corrected chi connectivity index (χ4v) is 5.58. The SMILES string of the molecule is CC[C@H](C)[C@@H](C(=O)O)N(C)C(=O)[C@H]([C@@H](C)CC)N(C)C(=O)[C@H](C)N(C)C(=O)[C@H](C(C)C)N(C)C(=O)[C@H](C)N(C)C(=O)[C@@H](N)C(C)C. The number of hydrogen-bond acceptors (Lipinski definition) is 7. The van der Waals surface area contributed by atoms with Gasteiger partial charge in [0, 0.05) is 35.2 Å². The Morgan fingerprint density at radius 2 is 0.826 bits per heavy atom. The van der Waals surface area contributed by atoms with Gasteiger partial charge in [0.25, 0.3) is 0 Å². The monoisotopic (exact) mass is 654 g/mol. The minimum Gasteiger partial charge on any atom is -0.480 e. The topological polar surface area (TPSA) is 165 Å². The predicted molar refractivity (Wildman–Crippen MR) is 178 cm³/mol. The van der Waals surface area contributed by atoms with E-state index in [9.17, 15) is 33.9 Å². The fraction of sp³-hybridized carbons (Fsp3) is 0.818. The molecule has 8 atom stereocenters. The van der Waals surface area contributed by atoms with Crippen LogP contribution in [-0.2, 0) is 28.8 Å². The third-order valence-corrected chi connectivity index (χ3v) is 9.63. The summed E-state index contributed by atoms with van der Waals surface area (Å²) in [6.45, 7) is 17.7. The Morgan fingerprint density at radius 3 is 1.17 bits per heavy atom. The Morgan fingerprint density at radius 1 is 0.500 bits per heavy atom. The van der Waals surface area contributed by atoms with E-state index in [-0.39, 0.29) is 29.6 Å². The number of carboxylic acid groups (broad SMARTS) is 1. The van der Waals surface area contributed by atoms with E-state index in [0.717, 1.165) is 0 Å². The van der Waals surface area contributed by atoms with Crippen molar-refractivity contribution < 1.29 is 33.9 Å². The molecule has 0 spiro atoms. The highest BCUT2D eigenvalue weighted by atomic mass is 16.4. The summed E-state index contributed by atoms with van der Waals surface area (Å²) in [5.74, 6) is -4.52. The molecule has 0 aliphatic carbocycles. The first-order valence-electron chi connectivity index (χ1n) is 16.3. The van der Waals surface area contributed by atoms with E-state index in [1.165, 1.54) is 59.7 Å². The molecule has 0 aromatic heterocycles. The number of hydrogen-bond donors (Lipinski definition) is 2. The second-order valence-corrected chi connectivity index (χ2v) is 13.6. The molecular formula is C33H62N6O7. The molecule has 0 saturated heterocycles. The van der Waals surface area contributed by atoms with Gasteiger partial charge in [0.2, 0.25) is 29.5 Å². The second-order valence-electron chi connectivity index (χ2n) is 13.6. The first-order chi connectivity index (χ1) is 21.0. The van der Waals surface area contributed by atoms with E-state index in [4.69, 9.17) is 5.73 Å². The van der Waals surface area contributed by atoms with Crippen LogP contribution in [-0.4, -0.2) is 137 Å². The van der Waals surface area contributed by atoms with Crippen molar-refractivity contribution >= 4 is 35.5 Å². The quantitative estimate of drug-likeness (QED) is 0.240. The number of rotatable bonds is 17. The molecular weight excluding hydrogens is 592 g/mol. The van der Waals surface area contributed by atoms with Crippen LogP contribution < -0.4 is 5.73 Å². The largest absolute Gasteiger partial charge is 0.480 e. The van der Waals surface area contributed by atoms with E-state index < -0.39 is 65.8 Å². The second kappa shape index (κ2) is 18.2. The molecule has 5 amide bonds. The molecule has 0 aliphatic heterocycles. The molecule has 0 aromatic carbocycles. The Kier molecular flexibility index (Phi) is 16.9. The van der Waals surface area contributed by atoms with Crippen LogP contribution >= 0.6 is 0 Å². The van der Waals surface area contributed by atoms with Gasteiger partial charge in [0.05, 0.1) is 6.04 Å². The molecule has 0 unspecified atom stereocenters. The number of nitrogens with two attached hydrogens (primary N) is 1. The van der Waals surface area contributed by atoms with Crippen molar-refractivity contribution in [2.75, 3.05) is 35.2 Å². The third kappa shape index (κ3) is 9.89. The Balaban J connectivity index is 6.24. The van der Waals surface area contributed by atoms with Crippen molar-refractivity contribution in [2.45, 2.75) is 118 Å². The molecule has 0 rings (SSSR count). The predicted octanol–water partition coefficient (Wildman–Crippen LogP) is 1.98. The average Bonchev–Trinajstić information content (AvgIpc) is 3.00. The zero-order valence-corrected chi connectivity index (χ0v) is 30.9. The summed E-state index contributed by atoms with van der Waals surface area (Å²) >= 11 is 0. The summed E-state index contributed by atoms with van der Waals surface area (Å²) in [4.78, 5) is 86.4. The number of aliphatic carboxylic acids is 1. The molecule has 3 N–H and O–H groups in total. The lowest BCUT2D eigenvalue weighted by molar-refractivity contribution is -0.158. The Bertz CT molecular complexity index is 1080. The van der Waals surface area contributed by atoms with Crippen LogP contribution in [0.2, 0.25) is 0 Å². The standard InChI is InChI=1S/C33H62N6O7/c1-16-20(7)26(32(44)39(15)27(33(45)46)21(8)17-2)38(14)29(41)23(10)36(12)31(43)25(19(5)6)37(13)28(40)22(9)35(11)30(42)24(34)18(3)4/h18-27H,16-17,34H2,1-15H3,(H,45,46)/t20-,21-,22-,23-,24-,25-,26-,27-/m0/s1. The first-order valence-corrected chi connectivity index (χ1v) is 16.3. The van der Waals surface area contributed by atoms with Crippen molar-refractivity contribution in [1.82, 2.24) is 24.5 Å². The molecule has 13 heteroatoms. The Hall–Kier alpha value is -3.22. The molecule has 266 valence electrons. The first kappa shape index (κ1) is 42.8. The van der Waals surface area contributed by atoms with Gasteiger partial charge in [-0.2, -0.15) is 0 Å². The van der Waals surface area contributed by atoms with Crippen LogP contribution in [0.3, 0.4) is 0 Å². The van der Waals surface area contributed by atoms with Crippen LogP contribution in [0.1, 0.15) is 82.1 Å². The van der Waals surface area contributed by atoms with Crippen LogP contribution in [0.5, 0.6) is 0 Å². The van der Waals surface area contributed by atoms with Crippen LogP contribution in [0.15, 0.2) is 0 Å². The van der Waals surface area contributed by atoms with E-state index in [2.05, 4.69) is 0 Å². The summed E-state index contributed by atoms with van der Waals surface area (Å²) in [5.41, 5.74) is 6.03. The number of carboxylic acids is 1. The van der Waals surface area contributed by atoms with Gasteiger partial charge in [0.15, 0.2) is 0 Å². The molecule has 0 bridgehead atoms. The number of amides is 5. The summed E-state index contributed by atoms with van der Waals surface area (Å²) in [6, 6.07) is -5.66. The highest BCUT2D eigenvalue weighted by molar-refractivity contribution is 5.96. The van der Waals surface area contributed by atoms with Crippen molar-refractivity contribution in [2.24, 2.45) is 29.4 Å². The number of carbonyl (C=O) groups excluding carboxylic acids is 5. The van der Waals surface area contributed by atoms with Gasteiger partial charge in [0.1, 0.15) is 30.2 Å². The molecule has 0 radical (unpaired) electrons. The highest BCUT2D eigenvalue weighted by Gasteiger charge is 2.42. The summed E-state index contributed by atoms with van der Waals surface area (Å²) in [7, 11) is 7.41. The lowest BCUT2D eigenvalue weighted by atomic mass is 9.93. The molecule has 0 saturated carbocycles. The van der Waals surface area contributed by atoms with E-state index in [1.54, 1.807) is 34.6 Å². The zero-order chi connectivity index (χ0) is 36.5. The number of likely N-dealkylation sites (N-methyl/N-ethyl adjacent to an activating group) is 5. The molecule has 0 aromatic rings. The lowest BCUT2D eigenvalue weighted by Crippen LogP contribution is -2.61. The van der Waals surface area contributed by atoms with E-state index in [0.29, 0.717) is 12.8 Å². The zero-order valence-electron chi connectivity index (χ0n) is 30.9.